The zero-order valence-electron chi connectivity index (χ0n) is 45.6. The summed E-state index contributed by atoms with van der Waals surface area (Å²) < 4.78 is 16.9. The summed E-state index contributed by atoms with van der Waals surface area (Å²) in [4.78, 5) is 38.2. The quantitative estimate of drug-likeness (QED) is 0.0262. The molecule has 1 unspecified atom stereocenters. The second-order valence-corrected chi connectivity index (χ2v) is 19.5. The maximum atomic E-state index is 12.9. The number of unbranched alkanes of at least 4 members (excludes halogenated alkanes) is 30. The lowest BCUT2D eigenvalue weighted by Crippen LogP contribution is -2.30. The van der Waals surface area contributed by atoms with Crippen LogP contribution >= 0.6 is 0 Å². The highest BCUT2D eigenvalue weighted by Gasteiger charge is 2.19. The van der Waals surface area contributed by atoms with Crippen LogP contribution in [-0.2, 0) is 28.6 Å². The molecule has 398 valence electrons. The van der Waals surface area contributed by atoms with Gasteiger partial charge < -0.3 is 14.2 Å². The Bertz CT molecular complexity index is 1290. The van der Waals surface area contributed by atoms with Gasteiger partial charge in [-0.1, -0.05) is 254 Å². The Kier molecular flexibility index (Phi) is 54.8. The highest BCUT2D eigenvalue weighted by Crippen LogP contribution is 2.16. The summed E-state index contributed by atoms with van der Waals surface area (Å²) >= 11 is 0. The molecule has 6 heteroatoms. The third kappa shape index (κ3) is 55.6. The molecule has 0 saturated carbocycles. The fourth-order valence-electron chi connectivity index (χ4n) is 8.29. The molecule has 0 N–H and O–H groups in total. The van der Waals surface area contributed by atoms with E-state index < -0.39 is 6.10 Å². The van der Waals surface area contributed by atoms with Crippen molar-refractivity contribution in [2.45, 2.75) is 297 Å². The number of rotatable bonds is 53. The van der Waals surface area contributed by atoms with E-state index in [4.69, 9.17) is 14.2 Å². The van der Waals surface area contributed by atoms with Crippen molar-refractivity contribution < 1.29 is 28.6 Å². The van der Waals surface area contributed by atoms with Crippen molar-refractivity contribution in [2.75, 3.05) is 13.2 Å². The molecule has 0 amide bonds. The van der Waals surface area contributed by atoms with Crippen molar-refractivity contribution in [1.82, 2.24) is 0 Å². The first-order chi connectivity index (χ1) is 34.0. The number of hydrogen-bond acceptors (Lipinski definition) is 6. The van der Waals surface area contributed by atoms with Crippen LogP contribution in [0.15, 0.2) is 72.9 Å². The zero-order valence-corrected chi connectivity index (χ0v) is 45.6. The van der Waals surface area contributed by atoms with Crippen molar-refractivity contribution in [3.05, 3.63) is 72.9 Å². The number of hydrogen-bond donors (Lipinski definition) is 0. The molecule has 0 saturated heterocycles. The predicted octanol–water partition coefficient (Wildman–Crippen LogP) is 19.8. The molecule has 0 aliphatic rings. The summed E-state index contributed by atoms with van der Waals surface area (Å²) in [6.45, 7) is 6.52. The molecule has 0 radical (unpaired) electrons. The van der Waals surface area contributed by atoms with Crippen LogP contribution in [0.4, 0.5) is 0 Å². The Morgan fingerprint density at radius 3 is 0.913 bits per heavy atom. The second-order valence-electron chi connectivity index (χ2n) is 19.5. The molecule has 0 fully saturated rings. The van der Waals surface area contributed by atoms with Gasteiger partial charge in [0.2, 0.25) is 0 Å². The van der Waals surface area contributed by atoms with Crippen LogP contribution in [0.3, 0.4) is 0 Å². The Hall–Kier alpha value is -3.15. The van der Waals surface area contributed by atoms with E-state index in [9.17, 15) is 14.4 Å². The monoisotopic (exact) mass is 963 g/mol. The Morgan fingerprint density at radius 2 is 0.565 bits per heavy atom. The van der Waals surface area contributed by atoms with E-state index in [0.29, 0.717) is 19.3 Å². The number of carbonyl (C=O) groups excluding carboxylic acids is 3. The van der Waals surface area contributed by atoms with Gasteiger partial charge in [-0.15, -0.1) is 0 Å². The minimum Gasteiger partial charge on any atom is -0.462 e. The van der Waals surface area contributed by atoms with Gasteiger partial charge in [-0.3, -0.25) is 14.4 Å². The lowest BCUT2D eigenvalue weighted by atomic mass is 10.0. The van der Waals surface area contributed by atoms with Crippen LogP contribution < -0.4 is 0 Å². The normalized spacial score (nSPS) is 12.6. The van der Waals surface area contributed by atoms with Gasteiger partial charge >= 0.3 is 17.9 Å². The summed E-state index contributed by atoms with van der Waals surface area (Å²) in [6.07, 6.45) is 73.2. The van der Waals surface area contributed by atoms with Crippen LogP contribution in [0.2, 0.25) is 0 Å². The number of allylic oxidation sites excluding steroid dienone is 12. The fourth-order valence-corrected chi connectivity index (χ4v) is 8.29. The molecule has 0 aliphatic heterocycles. The van der Waals surface area contributed by atoms with E-state index in [1.54, 1.807) is 0 Å². The van der Waals surface area contributed by atoms with E-state index in [1.807, 2.05) is 0 Å². The summed E-state index contributed by atoms with van der Waals surface area (Å²) in [5.74, 6) is -0.909. The number of carbonyl (C=O) groups is 3. The van der Waals surface area contributed by atoms with Crippen LogP contribution in [0, 0.1) is 0 Å². The molecule has 0 aromatic heterocycles. The first kappa shape index (κ1) is 65.8. The van der Waals surface area contributed by atoms with Gasteiger partial charge in [-0.25, -0.2) is 0 Å². The van der Waals surface area contributed by atoms with Crippen LogP contribution in [0.5, 0.6) is 0 Å². The van der Waals surface area contributed by atoms with Crippen molar-refractivity contribution in [1.29, 1.82) is 0 Å². The summed E-state index contributed by atoms with van der Waals surface area (Å²) in [5.41, 5.74) is 0. The van der Waals surface area contributed by atoms with E-state index in [1.165, 1.54) is 154 Å². The maximum Gasteiger partial charge on any atom is 0.306 e. The average Bonchev–Trinajstić information content (AvgIpc) is 3.35. The van der Waals surface area contributed by atoms with E-state index in [-0.39, 0.29) is 31.1 Å². The van der Waals surface area contributed by atoms with Crippen molar-refractivity contribution in [3.63, 3.8) is 0 Å². The van der Waals surface area contributed by atoms with Crippen LogP contribution in [0.1, 0.15) is 290 Å². The van der Waals surface area contributed by atoms with Crippen molar-refractivity contribution in [3.8, 4) is 0 Å². The lowest BCUT2D eigenvalue weighted by molar-refractivity contribution is -0.167. The predicted molar refractivity (Wildman–Crippen MR) is 298 cm³/mol. The minimum atomic E-state index is -0.789. The van der Waals surface area contributed by atoms with Crippen LogP contribution in [0.25, 0.3) is 0 Å². The first-order valence-corrected chi connectivity index (χ1v) is 29.4. The molecule has 6 nitrogen and oxygen atoms in total. The molecule has 0 aromatic carbocycles. The average molecular weight is 964 g/mol. The summed E-state index contributed by atoms with van der Waals surface area (Å²) in [6, 6.07) is 0. The van der Waals surface area contributed by atoms with E-state index >= 15 is 0 Å². The lowest BCUT2D eigenvalue weighted by Gasteiger charge is -2.18. The maximum absolute atomic E-state index is 12.9. The molecule has 0 spiro atoms. The van der Waals surface area contributed by atoms with Gasteiger partial charge in [0.15, 0.2) is 6.10 Å². The van der Waals surface area contributed by atoms with E-state index in [2.05, 4.69) is 93.7 Å². The molecule has 69 heavy (non-hydrogen) atoms. The first-order valence-electron chi connectivity index (χ1n) is 29.4. The Morgan fingerprint density at radius 1 is 0.304 bits per heavy atom. The molecule has 0 bridgehead atoms. The second kappa shape index (κ2) is 57.4. The van der Waals surface area contributed by atoms with Gasteiger partial charge in [0, 0.05) is 19.3 Å². The number of ether oxygens (including phenoxy) is 3. The zero-order chi connectivity index (χ0) is 50.0. The Balaban J connectivity index is 4.41. The largest absolute Gasteiger partial charge is 0.462 e. The SMILES string of the molecule is CC/C=C\C/C=C\C/C=C\C/C=C\C/C=C\CCCCCC(=O)OCC(COC(=O)CCCCCCCCCCCCCCC)OC(=O)CCCCCCCCCCC/C=C\CCCCCCCC. The fraction of sp³-hybridized carbons (Fsp3) is 0.762. The summed E-state index contributed by atoms with van der Waals surface area (Å²) in [7, 11) is 0. The topological polar surface area (TPSA) is 78.9 Å². The molecule has 1 atom stereocenters. The molecule has 0 aliphatic carbocycles. The van der Waals surface area contributed by atoms with Gasteiger partial charge in [0.1, 0.15) is 13.2 Å². The van der Waals surface area contributed by atoms with Gasteiger partial charge in [-0.05, 0) is 89.9 Å². The smallest absolute Gasteiger partial charge is 0.306 e. The molecule has 0 heterocycles. The molecular formula is C63H110O6. The standard InChI is InChI=1S/C63H110O6/c1-4-7-10-13-16-19-22-25-27-29-31-33-35-38-41-44-47-50-53-56-62(65)68-59-60(58-67-61(64)55-52-49-46-43-40-37-24-21-18-15-12-9-6-3)69-63(66)57-54-51-48-45-42-39-36-34-32-30-28-26-23-20-17-14-11-8-5-2/h7,10,16,19,25-28,31,33,38,41,60H,4-6,8-9,11-15,17-18,20-24,29-30,32,34-37,39-40,42-59H2,1-3H3/b10-7-,19-16-,27-25-,28-26-,33-31-,41-38-. The van der Waals surface area contributed by atoms with Gasteiger partial charge in [0.05, 0.1) is 0 Å². The number of esters is 3. The third-order valence-corrected chi connectivity index (χ3v) is 12.7. The molecule has 0 aromatic rings. The summed E-state index contributed by atoms with van der Waals surface area (Å²) in [5, 5.41) is 0. The third-order valence-electron chi connectivity index (χ3n) is 12.7. The minimum absolute atomic E-state index is 0.0843. The molecule has 0 rings (SSSR count). The highest BCUT2D eigenvalue weighted by molar-refractivity contribution is 5.71. The van der Waals surface area contributed by atoms with E-state index in [0.717, 1.165) is 96.3 Å². The van der Waals surface area contributed by atoms with Crippen molar-refractivity contribution in [2.24, 2.45) is 0 Å². The molecular weight excluding hydrogens is 853 g/mol. The van der Waals surface area contributed by atoms with Crippen LogP contribution in [-0.4, -0.2) is 37.2 Å². The van der Waals surface area contributed by atoms with Crippen molar-refractivity contribution >= 4 is 17.9 Å². The van der Waals surface area contributed by atoms with Gasteiger partial charge in [0.25, 0.3) is 0 Å². The Labute approximate surface area is 427 Å². The van der Waals surface area contributed by atoms with Gasteiger partial charge in [-0.2, -0.15) is 0 Å². The highest BCUT2D eigenvalue weighted by atomic mass is 16.6.